The zero-order valence-electron chi connectivity index (χ0n) is 12.0. The number of nitrogens with zero attached hydrogens (tertiary/aromatic N) is 1. The summed E-state index contributed by atoms with van der Waals surface area (Å²) in [5.41, 5.74) is 12.4. The van der Waals surface area contributed by atoms with E-state index in [1.54, 1.807) is 0 Å². The quantitative estimate of drug-likeness (QED) is 0.899. The largest absolute Gasteiger partial charge is 0.376 e. The van der Waals surface area contributed by atoms with E-state index in [1.165, 1.54) is 27.8 Å². The van der Waals surface area contributed by atoms with Crippen LogP contribution in [0.1, 0.15) is 35.2 Å². The minimum atomic E-state index is 0.0803. The fraction of sp³-hybridized carbons (Fsp3) is 0.222. The van der Waals surface area contributed by atoms with Crippen LogP contribution in [-0.4, -0.2) is 11.9 Å². The maximum atomic E-state index is 6.00. The minimum Gasteiger partial charge on any atom is -0.376 e. The molecule has 2 aromatic rings. The van der Waals surface area contributed by atoms with Gasteiger partial charge < -0.3 is 10.6 Å². The number of benzene rings is 2. The topological polar surface area (TPSA) is 29.3 Å². The van der Waals surface area contributed by atoms with Crippen LogP contribution in [0, 0.1) is 0 Å². The summed E-state index contributed by atoms with van der Waals surface area (Å²) in [6.45, 7) is 2.97. The SMILES string of the molecule is CC(N)c1ccc2c(c1)CN(C)C=C2c1ccccc1. The molecule has 2 aromatic carbocycles. The van der Waals surface area contributed by atoms with Gasteiger partial charge in [-0.3, -0.25) is 0 Å². The predicted octanol–water partition coefficient (Wildman–Crippen LogP) is 3.54. The van der Waals surface area contributed by atoms with Gasteiger partial charge in [0, 0.05) is 31.4 Å². The molecular weight excluding hydrogens is 244 g/mol. The van der Waals surface area contributed by atoms with Gasteiger partial charge in [-0.05, 0) is 29.2 Å². The molecule has 0 saturated heterocycles. The highest BCUT2D eigenvalue weighted by Crippen LogP contribution is 2.32. The summed E-state index contributed by atoms with van der Waals surface area (Å²) in [5.74, 6) is 0. The van der Waals surface area contributed by atoms with E-state index in [2.05, 4.69) is 66.7 Å². The molecule has 0 fully saturated rings. The molecule has 2 N–H and O–H groups in total. The Morgan fingerprint density at radius 2 is 1.85 bits per heavy atom. The molecule has 0 amide bonds. The van der Waals surface area contributed by atoms with E-state index in [-0.39, 0.29) is 6.04 Å². The van der Waals surface area contributed by atoms with E-state index in [1.807, 2.05) is 6.92 Å². The van der Waals surface area contributed by atoms with Gasteiger partial charge in [-0.25, -0.2) is 0 Å². The molecule has 0 aliphatic carbocycles. The first-order valence-electron chi connectivity index (χ1n) is 7.01. The highest BCUT2D eigenvalue weighted by molar-refractivity contribution is 5.82. The van der Waals surface area contributed by atoms with E-state index < -0.39 is 0 Å². The second-order valence-electron chi connectivity index (χ2n) is 5.53. The molecule has 0 aromatic heterocycles. The molecule has 0 saturated carbocycles. The Morgan fingerprint density at radius 3 is 2.55 bits per heavy atom. The molecule has 20 heavy (non-hydrogen) atoms. The Kier molecular flexibility index (Phi) is 3.33. The van der Waals surface area contributed by atoms with Crippen LogP contribution in [0.15, 0.2) is 54.7 Å². The highest BCUT2D eigenvalue weighted by atomic mass is 15.1. The number of hydrogen-bond donors (Lipinski definition) is 1. The molecule has 1 aliphatic heterocycles. The van der Waals surface area contributed by atoms with Crippen molar-refractivity contribution in [2.45, 2.75) is 19.5 Å². The summed E-state index contributed by atoms with van der Waals surface area (Å²) < 4.78 is 0. The first-order valence-corrected chi connectivity index (χ1v) is 7.01. The van der Waals surface area contributed by atoms with Gasteiger partial charge in [0.15, 0.2) is 0 Å². The molecule has 3 rings (SSSR count). The minimum absolute atomic E-state index is 0.0803. The lowest BCUT2D eigenvalue weighted by Crippen LogP contribution is -2.18. The molecule has 0 bridgehead atoms. The van der Waals surface area contributed by atoms with Crippen molar-refractivity contribution >= 4 is 5.57 Å². The molecule has 2 heteroatoms. The molecule has 102 valence electrons. The van der Waals surface area contributed by atoms with E-state index in [0.29, 0.717) is 0 Å². The van der Waals surface area contributed by atoms with Crippen LogP contribution < -0.4 is 5.73 Å². The summed E-state index contributed by atoms with van der Waals surface area (Å²) in [4.78, 5) is 2.23. The summed E-state index contributed by atoms with van der Waals surface area (Å²) in [7, 11) is 2.12. The number of hydrogen-bond acceptors (Lipinski definition) is 2. The lowest BCUT2D eigenvalue weighted by Gasteiger charge is -2.27. The third-order valence-electron chi connectivity index (χ3n) is 3.80. The summed E-state index contributed by atoms with van der Waals surface area (Å²) in [6.07, 6.45) is 2.23. The average Bonchev–Trinajstić information content (AvgIpc) is 2.46. The van der Waals surface area contributed by atoms with Crippen LogP contribution in [0.3, 0.4) is 0 Å². The van der Waals surface area contributed by atoms with Crippen molar-refractivity contribution in [1.82, 2.24) is 4.90 Å². The van der Waals surface area contributed by atoms with Crippen LogP contribution in [0.4, 0.5) is 0 Å². The monoisotopic (exact) mass is 264 g/mol. The summed E-state index contributed by atoms with van der Waals surface area (Å²) in [6, 6.07) is 17.2. The maximum Gasteiger partial charge on any atom is 0.0427 e. The lowest BCUT2D eigenvalue weighted by atomic mass is 9.90. The zero-order valence-corrected chi connectivity index (χ0v) is 12.0. The van der Waals surface area contributed by atoms with Gasteiger partial charge in [-0.1, -0.05) is 48.5 Å². The van der Waals surface area contributed by atoms with Crippen LogP contribution in [0.2, 0.25) is 0 Å². The molecular formula is C18H20N2. The van der Waals surface area contributed by atoms with Gasteiger partial charge in [0.05, 0.1) is 0 Å². The van der Waals surface area contributed by atoms with Crippen LogP contribution in [0.5, 0.6) is 0 Å². The van der Waals surface area contributed by atoms with Gasteiger partial charge >= 0.3 is 0 Å². The third-order valence-corrected chi connectivity index (χ3v) is 3.80. The van der Waals surface area contributed by atoms with Crippen molar-refractivity contribution in [3.8, 4) is 0 Å². The van der Waals surface area contributed by atoms with Crippen LogP contribution in [-0.2, 0) is 6.54 Å². The summed E-state index contributed by atoms with van der Waals surface area (Å²) >= 11 is 0. The fourth-order valence-corrected chi connectivity index (χ4v) is 2.74. The van der Waals surface area contributed by atoms with Gasteiger partial charge in [0.2, 0.25) is 0 Å². The normalized spacial score (nSPS) is 15.6. The summed E-state index contributed by atoms with van der Waals surface area (Å²) in [5, 5.41) is 0. The van der Waals surface area contributed by atoms with Crippen LogP contribution in [0.25, 0.3) is 5.57 Å². The number of fused-ring (bicyclic) bond motifs is 1. The molecule has 0 radical (unpaired) electrons. The Bertz CT molecular complexity index is 642. The number of rotatable bonds is 2. The molecule has 1 unspecified atom stereocenters. The second kappa shape index (κ2) is 5.14. The molecule has 1 heterocycles. The van der Waals surface area contributed by atoms with E-state index in [9.17, 15) is 0 Å². The smallest absolute Gasteiger partial charge is 0.0427 e. The first kappa shape index (κ1) is 12.9. The molecule has 1 aliphatic rings. The second-order valence-corrected chi connectivity index (χ2v) is 5.53. The van der Waals surface area contributed by atoms with Crippen molar-refractivity contribution in [2.24, 2.45) is 5.73 Å². The van der Waals surface area contributed by atoms with Crippen molar-refractivity contribution in [3.05, 3.63) is 77.0 Å². The molecule has 2 nitrogen and oxygen atoms in total. The van der Waals surface area contributed by atoms with Gasteiger partial charge in [0.25, 0.3) is 0 Å². The standard InChI is InChI=1S/C18H20N2/c1-13(19)15-8-9-17-16(10-15)11-20(2)12-18(17)14-6-4-3-5-7-14/h3-10,12-13H,11,19H2,1-2H3. The van der Waals surface area contributed by atoms with Gasteiger partial charge in [-0.15, -0.1) is 0 Å². The van der Waals surface area contributed by atoms with Gasteiger partial charge in [0.1, 0.15) is 0 Å². The van der Waals surface area contributed by atoms with Crippen molar-refractivity contribution < 1.29 is 0 Å². The zero-order chi connectivity index (χ0) is 14.1. The van der Waals surface area contributed by atoms with Gasteiger partial charge in [-0.2, -0.15) is 0 Å². The third kappa shape index (κ3) is 2.35. The van der Waals surface area contributed by atoms with Crippen molar-refractivity contribution in [2.75, 3.05) is 7.05 Å². The van der Waals surface area contributed by atoms with Crippen LogP contribution >= 0.6 is 0 Å². The fourth-order valence-electron chi connectivity index (χ4n) is 2.74. The maximum absolute atomic E-state index is 6.00. The Labute approximate surface area is 120 Å². The number of nitrogens with two attached hydrogens (primary N) is 1. The first-order chi connectivity index (χ1) is 9.65. The predicted molar refractivity (Wildman–Crippen MR) is 84.0 cm³/mol. The van der Waals surface area contributed by atoms with E-state index in [0.717, 1.165) is 6.54 Å². The Hall–Kier alpha value is -2.06. The Balaban J connectivity index is 2.10. The Morgan fingerprint density at radius 1 is 1.10 bits per heavy atom. The molecule has 1 atom stereocenters. The van der Waals surface area contributed by atoms with Crippen molar-refractivity contribution in [1.29, 1.82) is 0 Å². The van der Waals surface area contributed by atoms with E-state index >= 15 is 0 Å². The van der Waals surface area contributed by atoms with Crippen molar-refractivity contribution in [3.63, 3.8) is 0 Å². The highest BCUT2D eigenvalue weighted by Gasteiger charge is 2.17. The van der Waals surface area contributed by atoms with E-state index in [4.69, 9.17) is 5.73 Å². The molecule has 0 spiro atoms. The lowest BCUT2D eigenvalue weighted by molar-refractivity contribution is 0.445. The average molecular weight is 264 g/mol.